The van der Waals surface area contributed by atoms with Crippen LogP contribution in [0.2, 0.25) is 0 Å². The van der Waals surface area contributed by atoms with Crippen molar-refractivity contribution in [1.82, 2.24) is 5.32 Å². The monoisotopic (exact) mass is 374 g/mol. The number of amides is 1. The largest absolute Gasteiger partial charge is 0.352 e. The zero-order valence-corrected chi connectivity index (χ0v) is 15.5. The first kappa shape index (κ1) is 17.4. The topological polar surface area (TPSA) is 66.5 Å². The maximum atomic E-state index is 12.7. The third kappa shape index (κ3) is 3.38. The van der Waals surface area contributed by atoms with Gasteiger partial charge < -0.3 is 5.32 Å². The van der Waals surface area contributed by atoms with Crippen LogP contribution in [0.4, 0.5) is 5.69 Å². The molecule has 0 fully saturated rings. The summed E-state index contributed by atoms with van der Waals surface area (Å²) in [5, 5.41) is 3.62. The molecule has 0 aliphatic heterocycles. The zero-order chi connectivity index (χ0) is 18.0. The summed E-state index contributed by atoms with van der Waals surface area (Å²) in [6, 6.07) is 15.5. The Balaban J connectivity index is 1.97. The van der Waals surface area contributed by atoms with Gasteiger partial charge in [-0.1, -0.05) is 18.2 Å². The smallest absolute Gasteiger partial charge is 0.264 e. The molecule has 1 heterocycles. The van der Waals surface area contributed by atoms with Crippen LogP contribution >= 0.6 is 11.3 Å². The van der Waals surface area contributed by atoms with Crippen molar-refractivity contribution in [3.8, 4) is 0 Å². The van der Waals surface area contributed by atoms with Gasteiger partial charge in [-0.25, -0.2) is 8.42 Å². The van der Waals surface area contributed by atoms with Gasteiger partial charge in [-0.15, -0.1) is 11.3 Å². The molecule has 0 spiro atoms. The first-order chi connectivity index (χ1) is 11.9. The molecule has 1 amide bonds. The van der Waals surface area contributed by atoms with E-state index < -0.39 is 10.0 Å². The molecule has 3 rings (SSSR count). The molecule has 1 N–H and O–H groups in total. The fourth-order valence-corrected chi connectivity index (χ4v) is 4.64. The number of carbonyl (C=O) groups is 1. The number of hydrogen-bond acceptors (Lipinski definition) is 4. The second kappa shape index (κ2) is 6.85. The number of anilines is 1. The van der Waals surface area contributed by atoms with E-state index in [1.165, 1.54) is 22.7 Å². The first-order valence-corrected chi connectivity index (χ1v) is 10.0. The number of fused-ring (bicyclic) bond motifs is 1. The van der Waals surface area contributed by atoms with Crippen LogP contribution in [-0.2, 0) is 10.0 Å². The van der Waals surface area contributed by atoms with Crippen LogP contribution in [0.15, 0.2) is 59.5 Å². The molecule has 0 bridgehead atoms. The van der Waals surface area contributed by atoms with Crippen molar-refractivity contribution in [3.63, 3.8) is 0 Å². The van der Waals surface area contributed by atoms with E-state index in [-0.39, 0.29) is 10.8 Å². The van der Waals surface area contributed by atoms with E-state index in [1.807, 2.05) is 13.0 Å². The standard InChI is InChI=1S/C18H18N2O3S2/c1-3-19-18(21)17-12-13-11-14(9-10-16(13)24-17)20(2)25(22,23)15-7-5-4-6-8-15/h4-12H,3H2,1-2H3,(H,19,21). The van der Waals surface area contributed by atoms with E-state index in [1.54, 1.807) is 48.5 Å². The summed E-state index contributed by atoms with van der Waals surface area (Å²) in [5.41, 5.74) is 0.552. The van der Waals surface area contributed by atoms with E-state index in [4.69, 9.17) is 0 Å². The van der Waals surface area contributed by atoms with Gasteiger partial charge in [0.25, 0.3) is 15.9 Å². The van der Waals surface area contributed by atoms with Gasteiger partial charge in [-0.3, -0.25) is 9.10 Å². The highest BCUT2D eigenvalue weighted by Gasteiger charge is 2.21. The van der Waals surface area contributed by atoms with Crippen molar-refractivity contribution >= 4 is 43.0 Å². The summed E-state index contributed by atoms with van der Waals surface area (Å²) in [6.45, 7) is 2.43. The fraction of sp³-hybridized carbons (Fsp3) is 0.167. The Bertz CT molecular complexity index is 1010. The van der Waals surface area contributed by atoms with Crippen LogP contribution in [-0.4, -0.2) is 27.9 Å². The number of nitrogens with one attached hydrogen (secondary N) is 1. The second-order valence-electron chi connectivity index (χ2n) is 5.48. The number of nitrogens with zero attached hydrogens (tertiary/aromatic N) is 1. The highest BCUT2D eigenvalue weighted by atomic mass is 32.2. The van der Waals surface area contributed by atoms with Crippen LogP contribution in [0, 0.1) is 0 Å². The molecule has 0 unspecified atom stereocenters. The van der Waals surface area contributed by atoms with Crippen molar-refractivity contribution in [2.45, 2.75) is 11.8 Å². The Morgan fingerprint density at radius 1 is 1.12 bits per heavy atom. The van der Waals surface area contributed by atoms with Gasteiger partial charge in [0.2, 0.25) is 0 Å². The van der Waals surface area contributed by atoms with E-state index in [2.05, 4.69) is 5.32 Å². The molecule has 0 radical (unpaired) electrons. The minimum absolute atomic E-state index is 0.115. The summed E-state index contributed by atoms with van der Waals surface area (Å²) in [5.74, 6) is -0.115. The Kier molecular flexibility index (Phi) is 4.78. The molecule has 1 aromatic heterocycles. The predicted molar refractivity (Wildman–Crippen MR) is 102 cm³/mol. The number of hydrogen-bond donors (Lipinski definition) is 1. The average molecular weight is 374 g/mol. The van der Waals surface area contributed by atoms with Crippen molar-refractivity contribution in [3.05, 3.63) is 59.5 Å². The minimum Gasteiger partial charge on any atom is -0.352 e. The molecule has 2 aromatic carbocycles. The Morgan fingerprint density at radius 2 is 1.84 bits per heavy atom. The molecule has 0 saturated heterocycles. The molecule has 5 nitrogen and oxygen atoms in total. The summed E-state index contributed by atoms with van der Waals surface area (Å²) in [4.78, 5) is 12.8. The van der Waals surface area contributed by atoms with Crippen LogP contribution < -0.4 is 9.62 Å². The molecule has 0 saturated carbocycles. The van der Waals surface area contributed by atoms with Gasteiger partial charge in [0.1, 0.15) is 0 Å². The van der Waals surface area contributed by atoms with Gasteiger partial charge in [-0.2, -0.15) is 0 Å². The summed E-state index contributed by atoms with van der Waals surface area (Å²) in [6.07, 6.45) is 0. The van der Waals surface area contributed by atoms with Crippen molar-refractivity contribution in [2.24, 2.45) is 0 Å². The molecule has 0 atom stereocenters. The molecule has 25 heavy (non-hydrogen) atoms. The average Bonchev–Trinajstić information content (AvgIpc) is 3.05. The van der Waals surface area contributed by atoms with E-state index >= 15 is 0 Å². The fourth-order valence-electron chi connectivity index (χ4n) is 2.48. The lowest BCUT2D eigenvalue weighted by Crippen LogP contribution is -2.26. The van der Waals surface area contributed by atoms with Gasteiger partial charge >= 0.3 is 0 Å². The number of sulfonamides is 1. The van der Waals surface area contributed by atoms with Gasteiger partial charge in [0.05, 0.1) is 15.5 Å². The van der Waals surface area contributed by atoms with Crippen molar-refractivity contribution < 1.29 is 13.2 Å². The molecule has 130 valence electrons. The van der Waals surface area contributed by atoms with Crippen molar-refractivity contribution in [2.75, 3.05) is 17.9 Å². The summed E-state index contributed by atoms with van der Waals surface area (Å²) < 4.78 is 27.7. The Labute approximate surface area is 151 Å². The van der Waals surface area contributed by atoms with Crippen LogP contribution in [0.1, 0.15) is 16.6 Å². The third-order valence-corrected chi connectivity index (χ3v) is 6.74. The highest BCUT2D eigenvalue weighted by Crippen LogP contribution is 2.31. The van der Waals surface area contributed by atoms with Crippen LogP contribution in [0.25, 0.3) is 10.1 Å². The van der Waals surface area contributed by atoms with E-state index in [9.17, 15) is 13.2 Å². The normalized spacial score (nSPS) is 11.4. The lowest BCUT2D eigenvalue weighted by atomic mass is 10.2. The summed E-state index contributed by atoms with van der Waals surface area (Å²) >= 11 is 1.39. The molecule has 0 aliphatic rings. The molecular formula is C18H18N2O3S2. The van der Waals surface area contributed by atoms with Gasteiger partial charge in [0, 0.05) is 18.3 Å². The first-order valence-electron chi connectivity index (χ1n) is 7.79. The van der Waals surface area contributed by atoms with E-state index in [0.29, 0.717) is 17.1 Å². The molecule has 3 aromatic rings. The number of rotatable bonds is 5. The highest BCUT2D eigenvalue weighted by molar-refractivity contribution is 7.92. The number of benzene rings is 2. The predicted octanol–water partition coefficient (Wildman–Crippen LogP) is 3.48. The van der Waals surface area contributed by atoms with Gasteiger partial charge in [0.15, 0.2) is 0 Å². The lowest BCUT2D eigenvalue weighted by Gasteiger charge is -2.19. The summed E-state index contributed by atoms with van der Waals surface area (Å²) in [7, 11) is -2.09. The Morgan fingerprint density at radius 3 is 2.52 bits per heavy atom. The van der Waals surface area contributed by atoms with Crippen LogP contribution in [0.3, 0.4) is 0 Å². The lowest BCUT2D eigenvalue weighted by molar-refractivity contribution is 0.0960. The number of carbonyl (C=O) groups excluding carboxylic acids is 1. The molecule has 0 aliphatic carbocycles. The van der Waals surface area contributed by atoms with Gasteiger partial charge in [-0.05, 0) is 48.7 Å². The molecular weight excluding hydrogens is 356 g/mol. The Hall–Kier alpha value is -2.38. The maximum Gasteiger partial charge on any atom is 0.264 e. The molecule has 7 heteroatoms. The quantitative estimate of drug-likeness (QED) is 0.743. The van der Waals surface area contributed by atoms with Crippen molar-refractivity contribution in [1.29, 1.82) is 0 Å². The number of thiophene rings is 1. The SMILES string of the molecule is CCNC(=O)c1cc2cc(N(C)S(=O)(=O)c3ccccc3)ccc2s1. The second-order valence-corrected chi connectivity index (χ2v) is 8.53. The maximum absolute atomic E-state index is 12.7. The van der Waals surface area contributed by atoms with Crippen LogP contribution in [0.5, 0.6) is 0 Å². The third-order valence-electron chi connectivity index (χ3n) is 3.83. The zero-order valence-electron chi connectivity index (χ0n) is 13.9. The minimum atomic E-state index is -3.62. The van der Waals surface area contributed by atoms with E-state index in [0.717, 1.165) is 10.1 Å².